The van der Waals surface area contributed by atoms with Gasteiger partial charge in [-0.1, -0.05) is 19.9 Å². The monoisotopic (exact) mass is 212 g/mol. The molecule has 0 heterocycles. The Labute approximate surface area is 94.6 Å². The van der Waals surface area contributed by atoms with Crippen molar-refractivity contribution in [2.75, 3.05) is 6.54 Å². The summed E-state index contributed by atoms with van der Waals surface area (Å²) in [7, 11) is 0. The van der Waals surface area contributed by atoms with E-state index in [1.165, 1.54) is 6.08 Å². The van der Waals surface area contributed by atoms with E-state index in [2.05, 4.69) is 41.2 Å². The zero-order chi connectivity index (χ0) is 12.1. The van der Waals surface area contributed by atoms with E-state index in [1.807, 2.05) is 0 Å². The van der Waals surface area contributed by atoms with Gasteiger partial charge in [-0.3, -0.25) is 4.48 Å². The van der Waals surface area contributed by atoms with Crippen molar-refractivity contribution < 1.29 is 9.28 Å². The molecule has 0 unspecified atom stereocenters. The number of rotatable bonds is 6. The van der Waals surface area contributed by atoms with Crippen LogP contribution in [0.25, 0.3) is 0 Å². The lowest BCUT2D eigenvalue weighted by atomic mass is 10.1. The summed E-state index contributed by atoms with van der Waals surface area (Å²) in [5, 5.41) is 0. The number of hydrogen-bond acceptors (Lipinski definition) is 1. The van der Waals surface area contributed by atoms with Crippen molar-refractivity contribution in [2.45, 2.75) is 59.5 Å². The van der Waals surface area contributed by atoms with Gasteiger partial charge in [0.25, 0.3) is 0 Å². The lowest BCUT2D eigenvalue weighted by molar-refractivity contribution is -0.894. The van der Waals surface area contributed by atoms with Crippen LogP contribution in [0.5, 0.6) is 0 Å². The van der Waals surface area contributed by atoms with Crippen molar-refractivity contribution in [2.24, 2.45) is 0 Å². The fraction of sp³-hybridized carbons (Fsp3) is 0.769. The van der Waals surface area contributed by atoms with E-state index in [9.17, 15) is 4.79 Å². The van der Waals surface area contributed by atoms with Gasteiger partial charge in [0, 0.05) is 6.08 Å². The van der Waals surface area contributed by atoms with Gasteiger partial charge < -0.3 is 0 Å². The molecule has 0 spiro atoms. The van der Waals surface area contributed by atoms with Crippen molar-refractivity contribution >= 4 is 5.91 Å². The van der Waals surface area contributed by atoms with Crippen molar-refractivity contribution in [3.8, 4) is 0 Å². The Hall–Kier alpha value is -0.630. The molecule has 0 aliphatic heterocycles. The van der Waals surface area contributed by atoms with Crippen LogP contribution in [0.3, 0.4) is 0 Å². The van der Waals surface area contributed by atoms with Gasteiger partial charge >= 0.3 is 5.91 Å². The summed E-state index contributed by atoms with van der Waals surface area (Å²) < 4.78 is 0.539. The first-order chi connectivity index (χ1) is 6.93. The predicted octanol–water partition coefficient (Wildman–Crippen LogP) is 3.13. The number of nitrogens with zero attached hydrogens (tertiary/aromatic N) is 1. The van der Waals surface area contributed by atoms with E-state index >= 15 is 0 Å². The Bertz CT molecular complexity index is 211. The Balaban J connectivity index is 5.07. The van der Waals surface area contributed by atoms with Crippen LogP contribution in [-0.4, -0.2) is 29.0 Å². The second kappa shape index (κ2) is 6.06. The van der Waals surface area contributed by atoms with E-state index in [-0.39, 0.29) is 5.91 Å². The summed E-state index contributed by atoms with van der Waals surface area (Å²) in [5.41, 5.74) is 0. The zero-order valence-corrected chi connectivity index (χ0v) is 10.9. The molecule has 88 valence electrons. The van der Waals surface area contributed by atoms with Gasteiger partial charge in [-0.2, -0.15) is 0 Å². The highest BCUT2D eigenvalue weighted by molar-refractivity contribution is 5.81. The lowest BCUT2D eigenvalue weighted by Crippen LogP contribution is -2.61. The first kappa shape index (κ1) is 14.4. The van der Waals surface area contributed by atoms with Crippen LogP contribution in [-0.2, 0) is 4.79 Å². The van der Waals surface area contributed by atoms with Crippen LogP contribution in [0, 0.1) is 0 Å². The maximum Gasteiger partial charge on any atom is 0.338 e. The topological polar surface area (TPSA) is 17.1 Å². The quantitative estimate of drug-likeness (QED) is 0.488. The zero-order valence-electron chi connectivity index (χ0n) is 10.9. The molecule has 0 N–H and O–H groups in total. The molecular formula is C13H26NO+. The average molecular weight is 212 g/mol. The molecule has 0 bridgehead atoms. The minimum absolute atomic E-state index is 0.161. The Morgan fingerprint density at radius 3 is 2.00 bits per heavy atom. The predicted molar refractivity (Wildman–Crippen MR) is 65.5 cm³/mol. The molecule has 0 aliphatic carbocycles. The third-order valence-electron chi connectivity index (χ3n) is 3.31. The van der Waals surface area contributed by atoms with E-state index in [0.717, 1.165) is 19.4 Å². The lowest BCUT2D eigenvalue weighted by Gasteiger charge is -2.42. The molecule has 0 rings (SSSR count). The molecule has 0 atom stereocenters. The second-order valence-electron chi connectivity index (χ2n) is 4.74. The molecular weight excluding hydrogens is 186 g/mol. The maximum absolute atomic E-state index is 12.1. The van der Waals surface area contributed by atoms with Gasteiger partial charge in [0.15, 0.2) is 0 Å². The molecule has 0 radical (unpaired) electrons. The van der Waals surface area contributed by atoms with Crippen LogP contribution >= 0.6 is 0 Å². The van der Waals surface area contributed by atoms with Gasteiger partial charge in [0.1, 0.15) is 0 Å². The molecule has 0 aromatic rings. The number of unbranched alkanes of at least 4 members (excludes halogenated alkanes) is 1. The molecule has 0 saturated heterocycles. The van der Waals surface area contributed by atoms with Gasteiger partial charge in [0.2, 0.25) is 0 Å². The molecule has 0 aromatic heterocycles. The smallest absolute Gasteiger partial charge is 0.253 e. The minimum Gasteiger partial charge on any atom is -0.253 e. The van der Waals surface area contributed by atoms with Crippen molar-refractivity contribution in [3.05, 3.63) is 12.7 Å². The normalized spacial score (nSPS) is 12.2. The Kier molecular flexibility index (Phi) is 5.81. The highest BCUT2D eigenvalue weighted by Crippen LogP contribution is 2.22. The van der Waals surface area contributed by atoms with Gasteiger partial charge in [-0.25, -0.2) is 4.79 Å². The number of hydrogen-bond donors (Lipinski definition) is 0. The van der Waals surface area contributed by atoms with Crippen molar-refractivity contribution in [3.63, 3.8) is 0 Å². The fourth-order valence-corrected chi connectivity index (χ4v) is 2.32. The maximum atomic E-state index is 12.1. The summed E-state index contributed by atoms with van der Waals surface area (Å²) in [6.07, 6.45) is 3.70. The standard InChI is InChI=1S/C13H26NO/c1-7-9-10-14(11(3)4,12(5)6)13(15)8-2/h8,11-12H,2,7,9-10H2,1,3-6H3/q+1. The van der Waals surface area contributed by atoms with Crippen LogP contribution in [0.2, 0.25) is 0 Å². The van der Waals surface area contributed by atoms with E-state index in [1.54, 1.807) is 0 Å². The molecule has 2 nitrogen and oxygen atoms in total. The first-order valence-electron chi connectivity index (χ1n) is 5.97. The highest BCUT2D eigenvalue weighted by Gasteiger charge is 2.40. The average Bonchev–Trinajstić information content (AvgIpc) is 2.17. The van der Waals surface area contributed by atoms with E-state index < -0.39 is 0 Å². The summed E-state index contributed by atoms with van der Waals surface area (Å²) in [6.45, 7) is 15.2. The minimum atomic E-state index is 0.161. The molecule has 0 aliphatic rings. The molecule has 1 amide bonds. The fourth-order valence-electron chi connectivity index (χ4n) is 2.32. The van der Waals surface area contributed by atoms with E-state index in [4.69, 9.17) is 0 Å². The second-order valence-corrected chi connectivity index (χ2v) is 4.74. The largest absolute Gasteiger partial charge is 0.338 e. The van der Waals surface area contributed by atoms with Crippen LogP contribution in [0.15, 0.2) is 12.7 Å². The van der Waals surface area contributed by atoms with Gasteiger partial charge in [-0.05, 0) is 34.1 Å². The van der Waals surface area contributed by atoms with Gasteiger partial charge in [0.05, 0.1) is 18.6 Å². The van der Waals surface area contributed by atoms with Crippen LogP contribution < -0.4 is 0 Å². The third kappa shape index (κ3) is 2.91. The van der Waals surface area contributed by atoms with Crippen LogP contribution in [0.4, 0.5) is 0 Å². The number of amides is 1. The summed E-state index contributed by atoms with van der Waals surface area (Å²) in [6, 6.07) is 0.643. The third-order valence-corrected chi connectivity index (χ3v) is 3.31. The molecule has 15 heavy (non-hydrogen) atoms. The summed E-state index contributed by atoms with van der Waals surface area (Å²) in [4.78, 5) is 12.1. The number of carbonyl (C=O) groups excluding carboxylic acids is 1. The Morgan fingerprint density at radius 1 is 1.27 bits per heavy atom. The number of quaternary nitrogens is 1. The Morgan fingerprint density at radius 2 is 1.73 bits per heavy atom. The summed E-state index contributed by atoms with van der Waals surface area (Å²) in [5.74, 6) is 0.161. The number of carbonyl (C=O) groups is 1. The highest BCUT2D eigenvalue weighted by atomic mass is 16.2. The first-order valence-corrected chi connectivity index (χ1v) is 5.97. The van der Waals surface area contributed by atoms with Crippen molar-refractivity contribution in [1.29, 1.82) is 0 Å². The molecule has 2 heteroatoms. The van der Waals surface area contributed by atoms with Crippen molar-refractivity contribution in [1.82, 2.24) is 0 Å². The molecule has 0 saturated carbocycles. The SMILES string of the molecule is C=CC(=O)[N+](CCCC)(C(C)C)C(C)C. The van der Waals surface area contributed by atoms with Crippen LogP contribution in [0.1, 0.15) is 47.5 Å². The molecule has 0 aromatic carbocycles. The molecule has 0 fully saturated rings. The summed E-state index contributed by atoms with van der Waals surface area (Å²) >= 11 is 0. The van der Waals surface area contributed by atoms with Gasteiger partial charge in [-0.15, -0.1) is 0 Å². The van der Waals surface area contributed by atoms with E-state index in [0.29, 0.717) is 16.6 Å².